The van der Waals surface area contributed by atoms with E-state index in [-0.39, 0.29) is 5.92 Å². The van der Waals surface area contributed by atoms with Gasteiger partial charge in [0.15, 0.2) is 0 Å². The van der Waals surface area contributed by atoms with Crippen molar-refractivity contribution in [2.24, 2.45) is 5.92 Å². The molecule has 92 valence electrons. The molecule has 1 aromatic rings. The zero-order valence-electron chi connectivity index (χ0n) is 9.67. The molecule has 0 atom stereocenters. The third-order valence-corrected chi connectivity index (χ3v) is 3.29. The number of nitrogens with one attached hydrogen (secondary N) is 1. The predicted octanol–water partition coefficient (Wildman–Crippen LogP) is 1.21. The number of aliphatic carboxylic acids is 1. The zero-order valence-corrected chi connectivity index (χ0v) is 9.67. The highest BCUT2D eigenvalue weighted by Gasteiger charge is 2.25. The fourth-order valence-corrected chi connectivity index (χ4v) is 2.22. The van der Waals surface area contributed by atoms with Crippen LogP contribution in [0.4, 0.5) is 0 Å². The molecule has 1 heterocycles. The number of carboxylic acid groups (broad SMARTS) is 1. The van der Waals surface area contributed by atoms with Gasteiger partial charge in [-0.1, -0.05) is 0 Å². The van der Waals surface area contributed by atoms with E-state index in [1.807, 2.05) is 6.07 Å². The Labute approximate surface area is 100 Å². The fourth-order valence-electron chi connectivity index (χ4n) is 2.22. The van der Waals surface area contributed by atoms with Crippen LogP contribution in [0.15, 0.2) is 18.6 Å². The lowest BCUT2D eigenvalue weighted by Gasteiger charge is -2.26. The van der Waals surface area contributed by atoms with Gasteiger partial charge in [-0.2, -0.15) is 0 Å². The van der Waals surface area contributed by atoms with Crippen LogP contribution in [0.1, 0.15) is 31.4 Å². The number of nitrogens with zero attached hydrogens (tertiary/aromatic N) is 2. The Morgan fingerprint density at radius 2 is 2.18 bits per heavy atom. The van der Waals surface area contributed by atoms with Crippen molar-refractivity contribution in [3.8, 4) is 0 Å². The van der Waals surface area contributed by atoms with Gasteiger partial charge >= 0.3 is 5.97 Å². The summed E-state index contributed by atoms with van der Waals surface area (Å²) in [4.78, 5) is 18.8. The Hall–Kier alpha value is -1.49. The summed E-state index contributed by atoms with van der Waals surface area (Å²) < 4.78 is 0. The Morgan fingerprint density at radius 1 is 1.41 bits per heavy atom. The van der Waals surface area contributed by atoms with Crippen molar-refractivity contribution >= 4 is 5.97 Å². The van der Waals surface area contributed by atoms with Gasteiger partial charge in [-0.15, -0.1) is 0 Å². The molecule has 17 heavy (non-hydrogen) atoms. The van der Waals surface area contributed by atoms with E-state index in [0.717, 1.165) is 37.9 Å². The number of carbonyl (C=O) groups is 1. The number of carboxylic acids is 1. The van der Waals surface area contributed by atoms with Gasteiger partial charge < -0.3 is 10.4 Å². The maximum atomic E-state index is 10.8. The third-order valence-electron chi connectivity index (χ3n) is 3.29. The lowest BCUT2D eigenvalue weighted by molar-refractivity contribution is -0.142. The van der Waals surface area contributed by atoms with Crippen LogP contribution in [0.3, 0.4) is 0 Å². The minimum Gasteiger partial charge on any atom is -0.481 e. The van der Waals surface area contributed by atoms with Crippen molar-refractivity contribution in [2.75, 3.05) is 0 Å². The van der Waals surface area contributed by atoms with Crippen molar-refractivity contribution in [3.63, 3.8) is 0 Å². The highest BCUT2D eigenvalue weighted by atomic mass is 16.4. The van der Waals surface area contributed by atoms with Gasteiger partial charge in [-0.25, -0.2) is 9.97 Å². The maximum absolute atomic E-state index is 10.8. The Morgan fingerprint density at radius 3 is 2.76 bits per heavy atom. The Kier molecular flexibility index (Phi) is 4.03. The van der Waals surface area contributed by atoms with Crippen molar-refractivity contribution < 1.29 is 9.90 Å². The van der Waals surface area contributed by atoms with E-state index in [0.29, 0.717) is 6.04 Å². The normalized spacial score (nSPS) is 24.5. The molecule has 0 radical (unpaired) electrons. The largest absolute Gasteiger partial charge is 0.481 e. The molecule has 2 N–H and O–H groups in total. The third kappa shape index (κ3) is 3.49. The minimum absolute atomic E-state index is 0.146. The molecule has 0 spiro atoms. The SMILES string of the molecule is O=C(O)C1CCC(NCc2ccncn2)CC1. The summed E-state index contributed by atoms with van der Waals surface area (Å²) in [5, 5.41) is 12.3. The molecule has 0 aromatic carbocycles. The van der Waals surface area contributed by atoms with Gasteiger partial charge in [-0.05, 0) is 31.7 Å². The molecule has 1 fully saturated rings. The Balaban J connectivity index is 1.74. The summed E-state index contributed by atoms with van der Waals surface area (Å²) in [6, 6.07) is 2.30. The summed E-state index contributed by atoms with van der Waals surface area (Å²) in [6.07, 6.45) is 6.68. The standard InChI is InChI=1S/C12H17N3O2/c16-12(17)9-1-3-10(4-2-9)14-7-11-5-6-13-8-15-11/h5-6,8-10,14H,1-4,7H2,(H,16,17). The first-order valence-corrected chi connectivity index (χ1v) is 5.97. The molecule has 0 aliphatic heterocycles. The molecular formula is C12H17N3O2. The average Bonchev–Trinajstić information content (AvgIpc) is 2.38. The fraction of sp³-hybridized carbons (Fsp3) is 0.583. The number of aromatic nitrogens is 2. The molecule has 5 heteroatoms. The second kappa shape index (κ2) is 5.72. The molecule has 2 rings (SSSR count). The number of rotatable bonds is 4. The lowest BCUT2D eigenvalue weighted by atomic mass is 9.86. The van der Waals surface area contributed by atoms with Crippen molar-refractivity contribution in [1.29, 1.82) is 0 Å². The monoisotopic (exact) mass is 235 g/mol. The first kappa shape index (κ1) is 12.0. The van der Waals surface area contributed by atoms with Crippen LogP contribution in [0.5, 0.6) is 0 Å². The lowest BCUT2D eigenvalue weighted by Crippen LogP contribution is -2.34. The molecule has 5 nitrogen and oxygen atoms in total. The first-order valence-electron chi connectivity index (χ1n) is 5.97. The minimum atomic E-state index is -0.653. The predicted molar refractivity (Wildman–Crippen MR) is 62.3 cm³/mol. The van der Waals surface area contributed by atoms with Gasteiger partial charge in [0.2, 0.25) is 0 Å². The summed E-state index contributed by atoms with van der Waals surface area (Å²) >= 11 is 0. The molecule has 1 aliphatic carbocycles. The van der Waals surface area contributed by atoms with Gasteiger partial charge in [0.1, 0.15) is 6.33 Å². The first-order chi connectivity index (χ1) is 8.25. The quantitative estimate of drug-likeness (QED) is 0.820. The van der Waals surface area contributed by atoms with E-state index >= 15 is 0 Å². The second-order valence-corrected chi connectivity index (χ2v) is 4.47. The summed E-state index contributed by atoms with van der Waals surface area (Å²) in [5.41, 5.74) is 0.973. The van der Waals surface area contributed by atoms with E-state index in [1.54, 1.807) is 12.5 Å². The Bertz CT molecular complexity index is 361. The molecule has 1 aliphatic rings. The van der Waals surface area contributed by atoms with Crippen molar-refractivity contribution in [3.05, 3.63) is 24.3 Å². The zero-order chi connectivity index (χ0) is 12.1. The molecular weight excluding hydrogens is 218 g/mol. The van der Waals surface area contributed by atoms with Crippen LogP contribution in [-0.2, 0) is 11.3 Å². The summed E-state index contributed by atoms with van der Waals surface area (Å²) in [6.45, 7) is 0.727. The van der Waals surface area contributed by atoms with Crippen LogP contribution in [0, 0.1) is 5.92 Å². The van der Waals surface area contributed by atoms with E-state index in [9.17, 15) is 4.79 Å². The van der Waals surface area contributed by atoms with E-state index in [2.05, 4.69) is 15.3 Å². The van der Waals surface area contributed by atoms with Gasteiger partial charge in [0, 0.05) is 18.8 Å². The van der Waals surface area contributed by atoms with Gasteiger partial charge in [-0.3, -0.25) is 4.79 Å². The number of hydrogen-bond donors (Lipinski definition) is 2. The highest BCUT2D eigenvalue weighted by molar-refractivity contribution is 5.70. The second-order valence-electron chi connectivity index (χ2n) is 4.47. The summed E-state index contributed by atoms with van der Waals surface area (Å²) in [7, 11) is 0. The summed E-state index contributed by atoms with van der Waals surface area (Å²) in [5.74, 6) is -0.800. The molecule has 0 bridgehead atoms. The van der Waals surface area contributed by atoms with Crippen LogP contribution >= 0.6 is 0 Å². The topological polar surface area (TPSA) is 75.1 Å². The number of hydrogen-bond acceptors (Lipinski definition) is 4. The molecule has 0 unspecified atom stereocenters. The van der Waals surface area contributed by atoms with E-state index < -0.39 is 5.97 Å². The highest BCUT2D eigenvalue weighted by Crippen LogP contribution is 2.24. The average molecular weight is 235 g/mol. The smallest absolute Gasteiger partial charge is 0.306 e. The van der Waals surface area contributed by atoms with E-state index in [1.165, 1.54) is 0 Å². The van der Waals surface area contributed by atoms with Crippen LogP contribution in [-0.4, -0.2) is 27.1 Å². The van der Waals surface area contributed by atoms with Crippen molar-refractivity contribution in [2.45, 2.75) is 38.3 Å². The van der Waals surface area contributed by atoms with Crippen LogP contribution in [0.25, 0.3) is 0 Å². The molecule has 1 saturated carbocycles. The van der Waals surface area contributed by atoms with Crippen LogP contribution < -0.4 is 5.32 Å². The van der Waals surface area contributed by atoms with E-state index in [4.69, 9.17) is 5.11 Å². The van der Waals surface area contributed by atoms with Gasteiger partial charge in [0.05, 0.1) is 11.6 Å². The maximum Gasteiger partial charge on any atom is 0.306 e. The van der Waals surface area contributed by atoms with Crippen LogP contribution in [0.2, 0.25) is 0 Å². The van der Waals surface area contributed by atoms with Crippen molar-refractivity contribution in [1.82, 2.24) is 15.3 Å². The van der Waals surface area contributed by atoms with Gasteiger partial charge in [0.25, 0.3) is 0 Å². The molecule has 0 amide bonds. The molecule has 1 aromatic heterocycles. The molecule has 0 saturated heterocycles.